The second-order valence-electron chi connectivity index (χ2n) is 5.14. The van der Waals surface area contributed by atoms with Gasteiger partial charge in [-0.15, -0.1) is 0 Å². The van der Waals surface area contributed by atoms with Crippen LogP contribution >= 0.6 is 23.2 Å². The normalized spacial score (nSPS) is 10.1. The van der Waals surface area contributed by atoms with Crippen molar-refractivity contribution in [1.29, 1.82) is 5.26 Å². The zero-order valence-corrected chi connectivity index (χ0v) is 14.0. The molecule has 0 saturated heterocycles. The molecule has 1 amide bonds. The highest BCUT2D eigenvalue weighted by Crippen LogP contribution is 2.21. The van der Waals surface area contributed by atoms with Crippen LogP contribution in [0.15, 0.2) is 42.5 Å². The Morgan fingerprint density at radius 3 is 2.48 bits per heavy atom. The van der Waals surface area contributed by atoms with Gasteiger partial charge in [0.25, 0.3) is 0 Å². The molecule has 2 aromatic rings. The lowest BCUT2D eigenvalue weighted by atomic mass is 10.1. The first kappa shape index (κ1) is 17.3. The van der Waals surface area contributed by atoms with Crippen LogP contribution in [-0.4, -0.2) is 12.5 Å². The summed E-state index contributed by atoms with van der Waals surface area (Å²) >= 11 is 11.9. The van der Waals surface area contributed by atoms with Gasteiger partial charge in [-0.25, -0.2) is 0 Å². The summed E-state index contributed by atoms with van der Waals surface area (Å²) in [7, 11) is 0. The third-order valence-corrected chi connectivity index (χ3v) is 4.04. The fraction of sp³-hybridized carbons (Fsp3) is 0.222. The van der Waals surface area contributed by atoms with Gasteiger partial charge in [0, 0.05) is 23.0 Å². The van der Waals surface area contributed by atoms with E-state index >= 15 is 0 Å². The van der Waals surface area contributed by atoms with Gasteiger partial charge in [-0.05, 0) is 48.2 Å². The van der Waals surface area contributed by atoms with E-state index in [9.17, 15) is 4.79 Å². The maximum Gasteiger partial charge on any atom is 0.220 e. The summed E-state index contributed by atoms with van der Waals surface area (Å²) in [6.45, 7) is 0.535. The molecule has 0 bridgehead atoms. The Labute approximate surface area is 145 Å². The van der Waals surface area contributed by atoms with E-state index < -0.39 is 0 Å². The average Bonchev–Trinajstić information content (AvgIpc) is 2.55. The van der Waals surface area contributed by atoms with Crippen LogP contribution in [0.2, 0.25) is 10.0 Å². The number of carbonyl (C=O) groups excluding carboxylic acids is 1. The van der Waals surface area contributed by atoms with E-state index in [-0.39, 0.29) is 5.91 Å². The summed E-state index contributed by atoms with van der Waals surface area (Å²) in [5.74, 6) is -0.000513. The molecule has 0 aromatic heterocycles. The number of nitrogens with zero attached hydrogens (tertiary/aromatic N) is 1. The fourth-order valence-electron chi connectivity index (χ4n) is 2.15. The molecule has 3 nitrogen and oxygen atoms in total. The fourth-order valence-corrected chi connectivity index (χ4v) is 2.66. The molecule has 0 radical (unpaired) electrons. The van der Waals surface area contributed by atoms with Crippen molar-refractivity contribution in [1.82, 2.24) is 5.32 Å². The molecule has 0 aliphatic heterocycles. The van der Waals surface area contributed by atoms with Crippen molar-refractivity contribution >= 4 is 29.1 Å². The molecule has 23 heavy (non-hydrogen) atoms. The Balaban J connectivity index is 1.73. The first-order valence-electron chi connectivity index (χ1n) is 7.28. The van der Waals surface area contributed by atoms with E-state index in [1.807, 2.05) is 18.2 Å². The molecule has 1 N–H and O–H groups in total. The molecule has 0 heterocycles. The van der Waals surface area contributed by atoms with Crippen molar-refractivity contribution < 1.29 is 4.79 Å². The molecule has 0 atom stereocenters. The third-order valence-electron chi connectivity index (χ3n) is 3.46. The van der Waals surface area contributed by atoms with Crippen molar-refractivity contribution in [2.75, 3.05) is 6.54 Å². The number of halogens is 2. The smallest absolute Gasteiger partial charge is 0.220 e. The summed E-state index contributed by atoms with van der Waals surface area (Å²) in [6, 6.07) is 14.7. The number of benzene rings is 2. The number of nitrogens with one attached hydrogen (secondary N) is 1. The highest BCUT2D eigenvalue weighted by Gasteiger charge is 2.04. The second-order valence-corrected chi connectivity index (χ2v) is 5.99. The number of carbonyl (C=O) groups is 1. The van der Waals surface area contributed by atoms with Gasteiger partial charge in [-0.1, -0.05) is 41.4 Å². The Bertz CT molecular complexity index is 721. The van der Waals surface area contributed by atoms with Crippen LogP contribution in [0, 0.1) is 11.3 Å². The van der Waals surface area contributed by atoms with Crippen molar-refractivity contribution in [3.05, 3.63) is 69.2 Å². The van der Waals surface area contributed by atoms with E-state index in [0.717, 1.165) is 11.1 Å². The molecule has 0 fully saturated rings. The minimum absolute atomic E-state index is 0.000513. The molecule has 0 aliphatic rings. The summed E-state index contributed by atoms with van der Waals surface area (Å²) in [5, 5.41) is 12.8. The van der Waals surface area contributed by atoms with Crippen LogP contribution in [0.4, 0.5) is 0 Å². The first-order chi connectivity index (χ1) is 11.1. The molecule has 2 aromatic carbocycles. The predicted octanol–water partition coefficient (Wildman–Crippen LogP) is 4.16. The van der Waals surface area contributed by atoms with Crippen molar-refractivity contribution in [2.24, 2.45) is 0 Å². The van der Waals surface area contributed by atoms with Crippen LogP contribution in [0.5, 0.6) is 0 Å². The van der Waals surface area contributed by atoms with Gasteiger partial charge in [0.15, 0.2) is 0 Å². The van der Waals surface area contributed by atoms with Crippen LogP contribution in [0.25, 0.3) is 0 Å². The molecule has 0 aliphatic carbocycles. The predicted molar refractivity (Wildman–Crippen MR) is 92.7 cm³/mol. The van der Waals surface area contributed by atoms with Gasteiger partial charge < -0.3 is 5.32 Å². The Morgan fingerprint density at radius 2 is 1.83 bits per heavy atom. The highest BCUT2D eigenvalue weighted by molar-refractivity contribution is 6.35. The van der Waals surface area contributed by atoms with E-state index in [4.69, 9.17) is 28.5 Å². The van der Waals surface area contributed by atoms with Gasteiger partial charge in [0.1, 0.15) is 0 Å². The lowest BCUT2D eigenvalue weighted by Gasteiger charge is -2.07. The van der Waals surface area contributed by atoms with E-state index in [1.165, 1.54) is 0 Å². The summed E-state index contributed by atoms with van der Waals surface area (Å²) < 4.78 is 0. The maximum atomic E-state index is 11.9. The molecule has 5 heteroatoms. The number of rotatable bonds is 6. The van der Waals surface area contributed by atoms with Gasteiger partial charge >= 0.3 is 0 Å². The number of aryl methyl sites for hydroxylation is 1. The number of nitriles is 1. The van der Waals surface area contributed by atoms with Crippen molar-refractivity contribution in [3.63, 3.8) is 0 Å². The maximum absolute atomic E-state index is 11.9. The van der Waals surface area contributed by atoms with Crippen molar-refractivity contribution in [2.45, 2.75) is 19.3 Å². The van der Waals surface area contributed by atoms with E-state index in [1.54, 1.807) is 24.3 Å². The highest BCUT2D eigenvalue weighted by atomic mass is 35.5. The number of amides is 1. The Kier molecular flexibility index (Phi) is 6.46. The quantitative estimate of drug-likeness (QED) is 0.853. The molecule has 118 valence electrons. The second kappa shape index (κ2) is 8.57. The molecule has 0 saturated carbocycles. The minimum atomic E-state index is -0.000513. The largest absolute Gasteiger partial charge is 0.356 e. The average molecular weight is 347 g/mol. The van der Waals surface area contributed by atoms with Crippen LogP contribution in [0.3, 0.4) is 0 Å². The van der Waals surface area contributed by atoms with E-state index in [0.29, 0.717) is 41.4 Å². The van der Waals surface area contributed by atoms with Crippen LogP contribution in [0.1, 0.15) is 23.1 Å². The summed E-state index contributed by atoms with van der Waals surface area (Å²) in [6.07, 6.45) is 1.73. The first-order valence-corrected chi connectivity index (χ1v) is 8.04. The monoisotopic (exact) mass is 346 g/mol. The van der Waals surface area contributed by atoms with Crippen LogP contribution < -0.4 is 5.32 Å². The number of hydrogen-bond acceptors (Lipinski definition) is 2. The SMILES string of the molecule is N#Cc1ccc(CCC(=O)NCCc2ccc(Cl)cc2Cl)cc1. The molecule has 2 rings (SSSR count). The Hall–Kier alpha value is -2.02. The van der Waals surface area contributed by atoms with E-state index in [2.05, 4.69) is 11.4 Å². The lowest BCUT2D eigenvalue weighted by Crippen LogP contribution is -2.25. The molecule has 0 spiro atoms. The van der Waals surface area contributed by atoms with Gasteiger partial charge in [-0.3, -0.25) is 4.79 Å². The van der Waals surface area contributed by atoms with Crippen LogP contribution in [-0.2, 0) is 17.6 Å². The number of hydrogen-bond donors (Lipinski definition) is 1. The topological polar surface area (TPSA) is 52.9 Å². The van der Waals surface area contributed by atoms with Gasteiger partial charge in [0.2, 0.25) is 5.91 Å². The zero-order valence-electron chi connectivity index (χ0n) is 12.5. The zero-order chi connectivity index (χ0) is 16.7. The van der Waals surface area contributed by atoms with Gasteiger partial charge in [-0.2, -0.15) is 5.26 Å². The van der Waals surface area contributed by atoms with Gasteiger partial charge in [0.05, 0.1) is 11.6 Å². The van der Waals surface area contributed by atoms with Crippen molar-refractivity contribution in [3.8, 4) is 6.07 Å². The minimum Gasteiger partial charge on any atom is -0.356 e. The Morgan fingerprint density at radius 1 is 1.09 bits per heavy atom. The molecular weight excluding hydrogens is 331 g/mol. The molecule has 0 unspecified atom stereocenters. The summed E-state index contributed by atoms with van der Waals surface area (Å²) in [4.78, 5) is 11.9. The standard InChI is InChI=1S/C18H16Cl2N2O/c19-16-7-6-15(17(20)11-16)9-10-22-18(23)8-5-13-1-3-14(12-21)4-2-13/h1-4,6-7,11H,5,8-10H2,(H,22,23). The molecular formula is C18H16Cl2N2O. The summed E-state index contributed by atoms with van der Waals surface area (Å²) in [5.41, 5.74) is 2.63. The third kappa shape index (κ3) is 5.59. The lowest BCUT2D eigenvalue weighted by molar-refractivity contribution is -0.121.